The molecular formula is C10H20N2O4. The Balaban J connectivity index is 3.27. The molecule has 0 fully saturated rings. The van der Waals surface area contributed by atoms with E-state index >= 15 is 0 Å². The number of nitrogens with one attached hydrogen (secondary N) is 1. The van der Waals surface area contributed by atoms with E-state index in [2.05, 4.69) is 5.32 Å². The van der Waals surface area contributed by atoms with Crippen LogP contribution < -0.4 is 11.1 Å². The van der Waals surface area contributed by atoms with Crippen LogP contribution in [-0.4, -0.2) is 42.8 Å². The lowest BCUT2D eigenvalue weighted by atomic mass is 10.1. The van der Waals surface area contributed by atoms with E-state index in [-0.39, 0.29) is 25.2 Å². The van der Waals surface area contributed by atoms with Gasteiger partial charge in [0.05, 0.1) is 6.61 Å². The van der Waals surface area contributed by atoms with Crippen molar-refractivity contribution in [3.8, 4) is 0 Å². The third-order valence-electron chi connectivity index (χ3n) is 1.86. The number of carbonyl (C=O) groups excluding carboxylic acids is 1. The summed E-state index contributed by atoms with van der Waals surface area (Å²) in [6.45, 7) is 2.12. The van der Waals surface area contributed by atoms with Crippen molar-refractivity contribution in [2.24, 2.45) is 5.73 Å². The average molecular weight is 232 g/mol. The van der Waals surface area contributed by atoms with Crippen molar-refractivity contribution >= 4 is 11.9 Å². The van der Waals surface area contributed by atoms with Gasteiger partial charge in [-0.1, -0.05) is 0 Å². The van der Waals surface area contributed by atoms with Crippen LogP contribution in [0.2, 0.25) is 0 Å². The van der Waals surface area contributed by atoms with Crippen molar-refractivity contribution in [3.63, 3.8) is 0 Å². The zero-order valence-electron chi connectivity index (χ0n) is 9.57. The molecule has 1 atom stereocenters. The number of rotatable bonds is 9. The van der Waals surface area contributed by atoms with Gasteiger partial charge in [-0.3, -0.25) is 4.79 Å². The first-order chi connectivity index (χ1) is 7.52. The summed E-state index contributed by atoms with van der Waals surface area (Å²) in [7, 11) is 0. The van der Waals surface area contributed by atoms with E-state index in [0.29, 0.717) is 13.0 Å². The average Bonchev–Trinajstić information content (AvgIpc) is 2.16. The Labute approximate surface area is 95.1 Å². The van der Waals surface area contributed by atoms with E-state index in [4.69, 9.17) is 15.6 Å². The van der Waals surface area contributed by atoms with Crippen LogP contribution in [0.15, 0.2) is 0 Å². The summed E-state index contributed by atoms with van der Waals surface area (Å²) >= 11 is 0. The molecule has 0 heterocycles. The molecule has 0 aromatic rings. The number of ether oxygens (including phenoxy) is 1. The minimum absolute atomic E-state index is 0.0559. The number of hydrogen-bond donors (Lipinski definition) is 3. The van der Waals surface area contributed by atoms with Crippen molar-refractivity contribution in [1.29, 1.82) is 0 Å². The SMILES string of the molecule is CC(N)CCCC(=O)NCCOCC(=O)O. The fraction of sp³-hybridized carbons (Fsp3) is 0.800. The Morgan fingerprint density at radius 2 is 2.19 bits per heavy atom. The maximum absolute atomic E-state index is 11.2. The smallest absolute Gasteiger partial charge is 0.329 e. The highest BCUT2D eigenvalue weighted by Crippen LogP contribution is 1.97. The lowest BCUT2D eigenvalue weighted by molar-refractivity contribution is -0.142. The summed E-state index contributed by atoms with van der Waals surface area (Å²) < 4.78 is 4.75. The van der Waals surface area contributed by atoms with Gasteiger partial charge in [0, 0.05) is 19.0 Å². The van der Waals surface area contributed by atoms with Crippen molar-refractivity contribution in [2.45, 2.75) is 32.2 Å². The largest absolute Gasteiger partial charge is 0.480 e. The Morgan fingerprint density at radius 1 is 1.50 bits per heavy atom. The molecule has 1 amide bonds. The molecule has 16 heavy (non-hydrogen) atoms. The second-order valence-electron chi connectivity index (χ2n) is 3.67. The summed E-state index contributed by atoms with van der Waals surface area (Å²) in [6, 6.07) is 0.117. The van der Waals surface area contributed by atoms with Crippen molar-refractivity contribution < 1.29 is 19.4 Å². The molecule has 0 aromatic heterocycles. The van der Waals surface area contributed by atoms with Crippen molar-refractivity contribution in [3.05, 3.63) is 0 Å². The zero-order valence-corrected chi connectivity index (χ0v) is 9.57. The molecule has 0 saturated carbocycles. The fourth-order valence-corrected chi connectivity index (χ4v) is 1.10. The number of hydrogen-bond acceptors (Lipinski definition) is 4. The summed E-state index contributed by atoms with van der Waals surface area (Å²) in [6.07, 6.45) is 2.03. The van der Waals surface area contributed by atoms with Crippen LogP contribution in [0.5, 0.6) is 0 Å². The van der Waals surface area contributed by atoms with Gasteiger partial charge in [0.1, 0.15) is 6.61 Å². The highest BCUT2D eigenvalue weighted by molar-refractivity contribution is 5.75. The maximum atomic E-state index is 11.2. The molecule has 0 rings (SSSR count). The lowest BCUT2D eigenvalue weighted by Gasteiger charge is -2.06. The molecule has 0 radical (unpaired) electrons. The topological polar surface area (TPSA) is 102 Å². The van der Waals surface area contributed by atoms with Gasteiger partial charge < -0.3 is 20.9 Å². The molecule has 1 unspecified atom stereocenters. The number of carboxylic acid groups (broad SMARTS) is 1. The lowest BCUT2D eigenvalue weighted by Crippen LogP contribution is -2.28. The molecule has 0 aromatic carbocycles. The first-order valence-electron chi connectivity index (χ1n) is 5.34. The Kier molecular flexibility index (Phi) is 8.46. The van der Waals surface area contributed by atoms with Crippen LogP contribution in [0.4, 0.5) is 0 Å². The Hall–Kier alpha value is -1.14. The van der Waals surface area contributed by atoms with Gasteiger partial charge in [-0.2, -0.15) is 0 Å². The third-order valence-corrected chi connectivity index (χ3v) is 1.86. The van der Waals surface area contributed by atoms with Gasteiger partial charge in [0.25, 0.3) is 0 Å². The molecule has 0 aliphatic carbocycles. The first kappa shape index (κ1) is 14.9. The van der Waals surface area contributed by atoms with Crippen LogP contribution in [0, 0.1) is 0 Å². The number of aliphatic carboxylic acids is 1. The molecule has 0 aliphatic heterocycles. The standard InChI is InChI=1S/C10H20N2O4/c1-8(11)3-2-4-9(13)12-5-6-16-7-10(14)15/h8H,2-7,11H2,1H3,(H,12,13)(H,14,15). The van der Waals surface area contributed by atoms with Gasteiger partial charge in [-0.25, -0.2) is 4.79 Å². The van der Waals surface area contributed by atoms with Crippen LogP contribution in [-0.2, 0) is 14.3 Å². The van der Waals surface area contributed by atoms with Gasteiger partial charge in [0.2, 0.25) is 5.91 Å². The minimum Gasteiger partial charge on any atom is -0.480 e. The van der Waals surface area contributed by atoms with Crippen LogP contribution in [0.1, 0.15) is 26.2 Å². The number of amides is 1. The summed E-state index contributed by atoms with van der Waals surface area (Å²) in [4.78, 5) is 21.3. The second kappa shape index (κ2) is 9.11. The molecule has 94 valence electrons. The zero-order chi connectivity index (χ0) is 12.4. The van der Waals surface area contributed by atoms with Gasteiger partial charge in [0.15, 0.2) is 0 Å². The normalized spacial score (nSPS) is 12.1. The molecule has 0 spiro atoms. The number of carboxylic acids is 1. The predicted molar refractivity (Wildman–Crippen MR) is 59.0 cm³/mol. The van der Waals surface area contributed by atoms with E-state index in [1.54, 1.807) is 0 Å². The quantitative estimate of drug-likeness (QED) is 0.475. The summed E-state index contributed by atoms with van der Waals surface area (Å²) in [5, 5.41) is 10.9. The summed E-state index contributed by atoms with van der Waals surface area (Å²) in [5.41, 5.74) is 5.54. The van der Waals surface area contributed by atoms with Crippen LogP contribution in [0.25, 0.3) is 0 Å². The summed E-state index contributed by atoms with van der Waals surface area (Å²) in [5.74, 6) is -1.07. The van der Waals surface area contributed by atoms with E-state index in [1.165, 1.54) is 0 Å². The molecule has 0 saturated heterocycles. The molecule has 6 heteroatoms. The predicted octanol–water partition coefficient (Wildman–Crippen LogP) is -0.279. The number of carbonyl (C=O) groups is 2. The third kappa shape index (κ3) is 10.9. The van der Waals surface area contributed by atoms with E-state index in [0.717, 1.165) is 12.8 Å². The second-order valence-corrected chi connectivity index (χ2v) is 3.67. The molecule has 4 N–H and O–H groups in total. The molecule has 6 nitrogen and oxygen atoms in total. The van der Waals surface area contributed by atoms with Gasteiger partial charge >= 0.3 is 5.97 Å². The van der Waals surface area contributed by atoms with Crippen molar-refractivity contribution in [2.75, 3.05) is 19.8 Å². The Bertz CT molecular complexity index is 219. The van der Waals surface area contributed by atoms with E-state index < -0.39 is 5.97 Å². The van der Waals surface area contributed by atoms with Gasteiger partial charge in [-0.05, 0) is 19.8 Å². The Morgan fingerprint density at radius 3 is 2.75 bits per heavy atom. The highest BCUT2D eigenvalue weighted by Gasteiger charge is 2.02. The first-order valence-corrected chi connectivity index (χ1v) is 5.34. The van der Waals surface area contributed by atoms with E-state index in [1.807, 2.05) is 6.92 Å². The highest BCUT2D eigenvalue weighted by atomic mass is 16.5. The van der Waals surface area contributed by atoms with Crippen molar-refractivity contribution in [1.82, 2.24) is 5.32 Å². The monoisotopic (exact) mass is 232 g/mol. The molecule has 0 aliphatic rings. The van der Waals surface area contributed by atoms with E-state index in [9.17, 15) is 9.59 Å². The minimum atomic E-state index is -1.01. The number of nitrogens with two attached hydrogens (primary N) is 1. The maximum Gasteiger partial charge on any atom is 0.329 e. The van der Waals surface area contributed by atoms with Gasteiger partial charge in [-0.15, -0.1) is 0 Å². The van der Waals surface area contributed by atoms with Crippen LogP contribution in [0.3, 0.4) is 0 Å². The molecular weight excluding hydrogens is 212 g/mol. The molecule has 0 bridgehead atoms. The van der Waals surface area contributed by atoms with Crippen LogP contribution >= 0.6 is 0 Å². The fourth-order valence-electron chi connectivity index (χ4n) is 1.10.